The van der Waals surface area contributed by atoms with Crippen LogP contribution in [0.25, 0.3) is 0 Å². The van der Waals surface area contributed by atoms with Crippen molar-refractivity contribution >= 4 is 33.4 Å². The van der Waals surface area contributed by atoms with E-state index in [2.05, 4.69) is 10.8 Å². The Morgan fingerprint density at radius 3 is 2.40 bits per heavy atom. The number of pyridine rings is 1. The Labute approximate surface area is 246 Å². The highest BCUT2D eigenvalue weighted by Crippen LogP contribution is 2.29. The zero-order chi connectivity index (χ0) is 30.3. The molecule has 2 fully saturated rings. The van der Waals surface area contributed by atoms with Crippen molar-refractivity contribution in [3.05, 3.63) is 58.3 Å². The van der Waals surface area contributed by atoms with Gasteiger partial charge in [-0.25, -0.2) is 13.4 Å². The van der Waals surface area contributed by atoms with Gasteiger partial charge in [0.05, 0.1) is 35.2 Å². The maximum Gasteiger partial charge on any atom is 0.239 e. The molecule has 42 heavy (non-hydrogen) atoms. The zero-order valence-corrected chi connectivity index (χ0v) is 24.5. The highest BCUT2D eigenvalue weighted by atomic mass is 32.2. The first-order valence-corrected chi connectivity index (χ1v) is 15.8. The number of nitrogens with one attached hydrogen (secondary N) is 1. The second-order valence-electron chi connectivity index (χ2n) is 10.7. The van der Waals surface area contributed by atoms with Gasteiger partial charge in [-0.15, -0.1) is 0 Å². The highest BCUT2D eigenvalue weighted by molar-refractivity contribution is 7.89. The van der Waals surface area contributed by atoms with Crippen LogP contribution in [-0.2, 0) is 31.9 Å². The molecular weight excluding hydrogens is 556 g/mol. The predicted molar refractivity (Wildman–Crippen MR) is 154 cm³/mol. The zero-order valence-electron chi connectivity index (χ0n) is 23.6. The number of piperidine rings is 1. The fourth-order valence-corrected chi connectivity index (χ4v) is 6.45. The lowest BCUT2D eigenvalue weighted by atomic mass is 9.95. The average Bonchev–Trinajstić information content (AvgIpc) is 3.39. The van der Waals surface area contributed by atoms with Gasteiger partial charge in [-0.1, -0.05) is 25.5 Å². The lowest BCUT2D eigenvalue weighted by molar-refractivity contribution is -0.128. The first-order valence-electron chi connectivity index (χ1n) is 14.2. The summed E-state index contributed by atoms with van der Waals surface area (Å²) in [5, 5.41) is 18.8. The number of benzene rings is 1. The molecule has 1 N–H and O–H groups in total. The highest BCUT2D eigenvalue weighted by Gasteiger charge is 2.31. The minimum absolute atomic E-state index is 0.00984. The molecule has 0 atom stereocenters. The molecule has 4 rings (SSSR count). The monoisotopic (exact) mass is 590 g/mol. The number of unbranched alkanes of at least 4 members (excludes halogenated alkanes) is 1. The maximum absolute atomic E-state index is 13.0. The minimum atomic E-state index is -3.94. The van der Waals surface area contributed by atoms with E-state index in [0.29, 0.717) is 79.9 Å². The quantitative estimate of drug-likeness (QED) is 0.387. The number of carbonyl (C=O) groups excluding carboxylic acids is 3. The first-order chi connectivity index (χ1) is 20.1. The molecule has 1 aromatic heterocycles. The van der Waals surface area contributed by atoms with Crippen LogP contribution in [-0.4, -0.2) is 55.5 Å². The molecule has 2 saturated heterocycles. The number of ketones is 1. The number of hydrogen-bond donors (Lipinski definition) is 1. The van der Waals surface area contributed by atoms with Gasteiger partial charge in [0.2, 0.25) is 21.8 Å². The van der Waals surface area contributed by atoms with Gasteiger partial charge in [-0.3, -0.25) is 19.1 Å². The summed E-state index contributed by atoms with van der Waals surface area (Å²) in [6.45, 7) is 3.50. The third-order valence-corrected chi connectivity index (χ3v) is 8.86. The summed E-state index contributed by atoms with van der Waals surface area (Å²) in [6.07, 6.45) is 3.80. The van der Waals surface area contributed by atoms with Gasteiger partial charge >= 0.3 is 0 Å². The Morgan fingerprint density at radius 1 is 1.10 bits per heavy atom. The molecule has 1 aromatic carbocycles. The van der Waals surface area contributed by atoms with Crippen molar-refractivity contribution in [2.24, 2.45) is 5.92 Å². The molecule has 2 aromatic rings. The third-order valence-electron chi connectivity index (χ3n) is 7.63. The van der Waals surface area contributed by atoms with Crippen LogP contribution in [0.15, 0.2) is 30.3 Å². The Morgan fingerprint density at radius 2 is 1.81 bits per heavy atom. The number of sulfonamides is 1. The number of nitrogens with zero attached hydrogens (tertiary/aromatic N) is 5. The fraction of sp³-hybridized carbons (Fsp3) is 0.467. The van der Waals surface area contributed by atoms with E-state index >= 15 is 0 Å². The van der Waals surface area contributed by atoms with Crippen molar-refractivity contribution in [1.29, 1.82) is 10.5 Å². The minimum Gasteiger partial charge on any atom is -0.355 e. The van der Waals surface area contributed by atoms with Crippen molar-refractivity contribution in [2.75, 3.05) is 24.5 Å². The molecule has 2 aliphatic rings. The largest absolute Gasteiger partial charge is 0.355 e. The predicted octanol–water partition coefficient (Wildman–Crippen LogP) is 3.18. The number of anilines is 1. The molecule has 3 heterocycles. The molecule has 0 saturated carbocycles. The van der Waals surface area contributed by atoms with Gasteiger partial charge in [0, 0.05) is 44.0 Å². The van der Waals surface area contributed by atoms with Crippen LogP contribution in [0.5, 0.6) is 0 Å². The standard InChI is InChI=1S/C30H34N6O5S/c1-2-3-5-27(37)25-16-24(18-32)29(33-26(25)19-36-13-4-6-28(36)38)35-14-11-23(12-15-35)30(39)34-42(40,41)20-22-9-7-21(17-31)8-10-22/h7-10,16,23H,2-6,11-15,19-20H2,1H3,(H,34,39). The summed E-state index contributed by atoms with van der Waals surface area (Å²) < 4.78 is 27.4. The Hall–Kier alpha value is -4.29. The van der Waals surface area contributed by atoms with Gasteiger partial charge in [0.15, 0.2) is 5.78 Å². The Balaban J connectivity index is 1.46. The van der Waals surface area contributed by atoms with Crippen LogP contribution >= 0.6 is 0 Å². The van der Waals surface area contributed by atoms with Crippen LogP contribution < -0.4 is 9.62 Å². The number of amides is 2. The van der Waals surface area contributed by atoms with Crippen LogP contribution in [0, 0.1) is 28.6 Å². The number of carbonyl (C=O) groups is 3. The second-order valence-corrected chi connectivity index (χ2v) is 12.4. The Kier molecular flexibility index (Phi) is 9.92. The van der Waals surface area contributed by atoms with E-state index in [0.717, 1.165) is 12.8 Å². The average molecular weight is 591 g/mol. The van der Waals surface area contributed by atoms with Gasteiger partial charge in [-0.05, 0) is 49.4 Å². The lowest BCUT2D eigenvalue weighted by Crippen LogP contribution is -2.43. The molecule has 0 aliphatic carbocycles. The summed E-state index contributed by atoms with van der Waals surface area (Å²) in [5.41, 5.74) is 1.95. The number of likely N-dealkylation sites (tertiary alicyclic amines) is 1. The molecule has 2 amide bonds. The van der Waals surface area contributed by atoms with Crippen molar-refractivity contribution in [3.63, 3.8) is 0 Å². The van der Waals surface area contributed by atoms with Gasteiger partial charge in [0.25, 0.3) is 0 Å². The summed E-state index contributed by atoms with van der Waals surface area (Å²) in [4.78, 5) is 46.5. The molecule has 0 radical (unpaired) electrons. The Bertz CT molecular complexity index is 1530. The number of hydrogen-bond acceptors (Lipinski definition) is 9. The van der Waals surface area contributed by atoms with E-state index in [9.17, 15) is 28.1 Å². The van der Waals surface area contributed by atoms with Gasteiger partial charge in [0.1, 0.15) is 11.9 Å². The molecule has 2 aliphatic heterocycles. The molecule has 0 bridgehead atoms. The SMILES string of the molecule is CCCCC(=O)c1cc(C#N)c(N2CCC(C(=O)NS(=O)(=O)Cc3ccc(C#N)cc3)CC2)nc1CN1CCCC1=O. The van der Waals surface area contributed by atoms with E-state index in [1.54, 1.807) is 11.0 Å². The van der Waals surface area contributed by atoms with E-state index in [1.807, 2.05) is 17.9 Å². The van der Waals surface area contributed by atoms with Crippen molar-refractivity contribution in [1.82, 2.24) is 14.6 Å². The van der Waals surface area contributed by atoms with Gasteiger partial charge in [-0.2, -0.15) is 10.5 Å². The van der Waals surface area contributed by atoms with E-state index in [-0.39, 0.29) is 29.6 Å². The summed E-state index contributed by atoms with van der Waals surface area (Å²) in [5.74, 6) is -1.20. The molecule has 0 spiro atoms. The molecule has 11 nitrogen and oxygen atoms in total. The van der Waals surface area contributed by atoms with Crippen LogP contribution in [0.4, 0.5) is 5.82 Å². The normalized spacial score (nSPS) is 15.7. The van der Waals surface area contributed by atoms with E-state index in [1.165, 1.54) is 24.3 Å². The van der Waals surface area contributed by atoms with Crippen LogP contribution in [0.2, 0.25) is 0 Å². The second kappa shape index (κ2) is 13.6. The molecule has 220 valence electrons. The fourth-order valence-electron chi connectivity index (χ4n) is 5.27. The third kappa shape index (κ3) is 7.51. The number of rotatable bonds is 11. The van der Waals surface area contributed by atoms with Crippen molar-refractivity contribution in [2.45, 2.75) is 64.2 Å². The topological polar surface area (TPSA) is 164 Å². The van der Waals surface area contributed by atoms with Crippen LogP contribution in [0.3, 0.4) is 0 Å². The number of aromatic nitrogens is 1. The summed E-state index contributed by atoms with van der Waals surface area (Å²) >= 11 is 0. The van der Waals surface area contributed by atoms with E-state index < -0.39 is 21.8 Å². The number of nitriles is 2. The molecule has 12 heteroatoms. The van der Waals surface area contributed by atoms with Gasteiger partial charge < -0.3 is 9.80 Å². The maximum atomic E-state index is 13.0. The first kappa shape index (κ1) is 30.7. The summed E-state index contributed by atoms with van der Waals surface area (Å²) in [7, 11) is -3.94. The molecule has 0 unspecified atom stereocenters. The van der Waals surface area contributed by atoms with E-state index in [4.69, 9.17) is 10.2 Å². The lowest BCUT2D eigenvalue weighted by Gasteiger charge is -2.33. The smallest absolute Gasteiger partial charge is 0.239 e. The van der Waals surface area contributed by atoms with Crippen molar-refractivity contribution in [3.8, 4) is 12.1 Å². The van der Waals surface area contributed by atoms with Crippen molar-refractivity contribution < 1.29 is 22.8 Å². The number of Topliss-reactive ketones (excluding diaryl/α,β-unsaturated/α-hetero) is 1. The summed E-state index contributed by atoms with van der Waals surface area (Å²) in [6, 6.07) is 11.8. The van der Waals surface area contributed by atoms with Crippen LogP contribution in [0.1, 0.15) is 84.6 Å². The molecular formula is C30H34N6O5S.